The molecule has 0 spiro atoms. The third kappa shape index (κ3) is 5.14. The highest BCUT2D eigenvalue weighted by Gasteiger charge is 2.19. The molecule has 138 valence electrons. The maximum atomic E-state index is 12.3. The van der Waals surface area contributed by atoms with E-state index in [-0.39, 0.29) is 5.91 Å². The number of esters is 1. The number of rotatable bonds is 6. The van der Waals surface area contributed by atoms with Gasteiger partial charge in [0, 0.05) is 43.3 Å². The van der Waals surface area contributed by atoms with Crippen molar-refractivity contribution in [3.05, 3.63) is 52.2 Å². The number of carbonyl (C=O) groups is 2. The van der Waals surface area contributed by atoms with Crippen LogP contribution in [0.4, 0.5) is 5.69 Å². The Morgan fingerprint density at radius 1 is 1.12 bits per heavy atom. The number of thiophene rings is 1. The number of piperazine rings is 1. The molecule has 1 saturated heterocycles. The lowest BCUT2D eigenvalue weighted by atomic mass is 10.2. The molecule has 3 rings (SSSR count). The van der Waals surface area contributed by atoms with Gasteiger partial charge >= 0.3 is 5.97 Å². The summed E-state index contributed by atoms with van der Waals surface area (Å²) < 4.78 is 4.70. The minimum absolute atomic E-state index is 0.0706. The number of amides is 1. The summed E-state index contributed by atoms with van der Waals surface area (Å²) in [6.07, 6.45) is 0. The smallest absolute Gasteiger partial charge is 0.337 e. The Bertz CT molecular complexity index is 740. The van der Waals surface area contributed by atoms with Gasteiger partial charge in [0.2, 0.25) is 5.91 Å². The number of nitrogens with one attached hydrogen (secondary N) is 1. The van der Waals surface area contributed by atoms with E-state index in [0.29, 0.717) is 17.8 Å². The zero-order chi connectivity index (χ0) is 18.4. The van der Waals surface area contributed by atoms with Gasteiger partial charge in [-0.05, 0) is 29.6 Å². The molecule has 0 radical (unpaired) electrons. The van der Waals surface area contributed by atoms with E-state index in [9.17, 15) is 9.59 Å². The van der Waals surface area contributed by atoms with Crippen LogP contribution in [0.1, 0.15) is 15.2 Å². The zero-order valence-electron chi connectivity index (χ0n) is 14.8. The predicted molar refractivity (Wildman–Crippen MR) is 102 cm³/mol. The molecule has 0 bridgehead atoms. The Balaban J connectivity index is 1.45. The van der Waals surface area contributed by atoms with Gasteiger partial charge in [0.05, 0.1) is 19.2 Å². The summed E-state index contributed by atoms with van der Waals surface area (Å²) in [6.45, 7) is 5.02. The van der Waals surface area contributed by atoms with E-state index in [1.807, 2.05) is 0 Å². The quantitative estimate of drug-likeness (QED) is 0.788. The van der Waals surface area contributed by atoms with Crippen LogP contribution < -0.4 is 5.32 Å². The standard InChI is InChI=1S/C19H23N3O3S/c1-25-19(24)15-4-2-5-16(12-15)20-18(23)14-22-9-7-21(8-10-22)13-17-6-3-11-26-17/h2-6,11-12H,7-10,13-14H2,1H3,(H,20,23). The first-order valence-electron chi connectivity index (χ1n) is 8.59. The number of benzene rings is 1. The molecule has 1 aromatic carbocycles. The summed E-state index contributed by atoms with van der Waals surface area (Å²) >= 11 is 1.78. The minimum atomic E-state index is -0.414. The number of hydrogen-bond acceptors (Lipinski definition) is 6. The third-order valence-corrected chi connectivity index (χ3v) is 5.22. The van der Waals surface area contributed by atoms with Gasteiger partial charge in [-0.25, -0.2) is 4.79 Å². The maximum absolute atomic E-state index is 12.3. The molecule has 1 aliphatic heterocycles. The van der Waals surface area contributed by atoms with Crippen LogP contribution in [0, 0.1) is 0 Å². The number of methoxy groups -OCH3 is 1. The summed E-state index contributed by atoms with van der Waals surface area (Å²) in [4.78, 5) is 29.8. The molecule has 1 N–H and O–H groups in total. The van der Waals surface area contributed by atoms with E-state index in [0.717, 1.165) is 32.7 Å². The highest BCUT2D eigenvalue weighted by molar-refractivity contribution is 7.09. The van der Waals surface area contributed by atoms with Crippen molar-refractivity contribution in [1.29, 1.82) is 0 Å². The number of ether oxygens (including phenoxy) is 1. The fraction of sp³-hybridized carbons (Fsp3) is 0.368. The normalized spacial score (nSPS) is 15.6. The zero-order valence-corrected chi connectivity index (χ0v) is 15.6. The second kappa shape index (κ2) is 8.93. The SMILES string of the molecule is COC(=O)c1cccc(NC(=O)CN2CCN(Cc3cccs3)CC2)c1. The lowest BCUT2D eigenvalue weighted by Gasteiger charge is -2.34. The van der Waals surface area contributed by atoms with Crippen molar-refractivity contribution in [3.63, 3.8) is 0 Å². The number of carbonyl (C=O) groups excluding carboxylic acids is 2. The van der Waals surface area contributed by atoms with E-state index in [4.69, 9.17) is 4.74 Å². The molecule has 1 aliphatic rings. The highest BCUT2D eigenvalue weighted by Crippen LogP contribution is 2.14. The van der Waals surface area contributed by atoms with E-state index < -0.39 is 5.97 Å². The molecule has 1 aromatic heterocycles. The van der Waals surface area contributed by atoms with E-state index in [1.54, 1.807) is 35.6 Å². The van der Waals surface area contributed by atoms with Crippen LogP contribution in [0.2, 0.25) is 0 Å². The molecule has 2 heterocycles. The van der Waals surface area contributed by atoms with Gasteiger partial charge in [-0.3, -0.25) is 14.6 Å². The summed E-state index contributed by atoms with van der Waals surface area (Å²) in [6, 6.07) is 11.0. The Hall–Kier alpha value is -2.22. The molecule has 0 aliphatic carbocycles. The first-order chi connectivity index (χ1) is 12.6. The van der Waals surface area contributed by atoms with Crippen LogP contribution in [0.5, 0.6) is 0 Å². The van der Waals surface area contributed by atoms with E-state index in [1.165, 1.54) is 12.0 Å². The summed E-state index contributed by atoms with van der Waals surface area (Å²) in [5.74, 6) is -0.485. The van der Waals surface area contributed by atoms with Crippen LogP contribution >= 0.6 is 11.3 Å². The van der Waals surface area contributed by atoms with Gasteiger partial charge in [0.1, 0.15) is 0 Å². The molecule has 6 nitrogen and oxygen atoms in total. The Morgan fingerprint density at radius 2 is 1.88 bits per heavy atom. The summed E-state index contributed by atoms with van der Waals surface area (Å²) in [7, 11) is 1.34. The molecule has 2 aromatic rings. The molecule has 7 heteroatoms. The van der Waals surface area contributed by atoms with Gasteiger partial charge in [-0.2, -0.15) is 0 Å². The van der Waals surface area contributed by atoms with Crippen LogP contribution in [-0.4, -0.2) is 61.5 Å². The molecule has 1 fully saturated rings. The van der Waals surface area contributed by atoms with Crippen LogP contribution in [0.15, 0.2) is 41.8 Å². The monoisotopic (exact) mass is 373 g/mol. The van der Waals surface area contributed by atoms with Crippen molar-refractivity contribution in [2.24, 2.45) is 0 Å². The average Bonchev–Trinajstić information content (AvgIpc) is 3.16. The molecular formula is C19H23N3O3S. The Morgan fingerprint density at radius 3 is 2.58 bits per heavy atom. The van der Waals surface area contributed by atoms with Crippen molar-refractivity contribution in [3.8, 4) is 0 Å². The number of anilines is 1. The summed E-state index contributed by atoms with van der Waals surface area (Å²) in [5.41, 5.74) is 1.03. The molecular weight excluding hydrogens is 350 g/mol. The van der Waals surface area contributed by atoms with Gasteiger partial charge < -0.3 is 10.1 Å². The van der Waals surface area contributed by atoms with Crippen molar-refractivity contribution in [1.82, 2.24) is 9.80 Å². The molecule has 26 heavy (non-hydrogen) atoms. The first-order valence-corrected chi connectivity index (χ1v) is 9.47. The second-order valence-corrected chi connectivity index (χ2v) is 7.28. The number of hydrogen-bond donors (Lipinski definition) is 1. The van der Waals surface area contributed by atoms with Crippen LogP contribution in [0.3, 0.4) is 0 Å². The fourth-order valence-corrected chi connectivity index (χ4v) is 3.72. The minimum Gasteiger partial charge on any atom is -0.465 e. The molecule has 0 atom stereocenters. The fourth-order valence-electron chi connectivity index (χ4n) is 2.97. The molecule has 0 saturated carbocycles. The lowest BCUT2D eigenvalue weighted by molar-refractivity contribution is -0.117. The first kappa shape index (κ1) is 18.6. The van der Waals surface area contributed by atoms with Gasteiger partial charge in [0.15, 0.2) is 0 Å². The lowest BCUT2D eigenvalue weighted by Crippen LogP contribution is -2.48. The largest absolute Gasteiger partial charge is 0.465 e. The highest BCUT2D eigenvalue weighted by atomic mass is 32.1. The van der Waals surface area contributed by atoms with Gasteiger partial charge in [-0.1, -0.05) is 12.1 Å². The Kier molecular flexibility index (Phi) is 6.38. The molecule has 1 amide bonds. The second-order valence-electron chi connectivity index (χ2n) is 6.25. The predicted octanol–water partition coefficient (Wildman–Crippen LogP) is 2.29. The van der Waals surface area contributed by atoms with Crippen molar-refractivity contribution in [2.75, 3.05) is 45.2 Å². The average molecular weight is 373 g/mol. The Labute approximate surface area is 157 Å². The van der Waals surface area contributed by atoms with Crippen molar-refractivity contribution < 1.29 is 14.3 Å². The maximum Gasteiger partial charge on any atom is 0.337 e. The van der Waals surface area contributed by atoms with E-state index in [2.05, 4.69) is 32.6 Å². The van der Waals surface area contributed by atoms with Gasteiger partial charge in [-0.15, -0.1) is 11.3 Å². The topological polar surface area (TPSA) is 61.9 Å². The summed E-state index contributed by atoms with van der Waals surface area (Å²) in [5, 5.41) is 4.96. The van der Waals surface area contributed by atoms with Gasteiger partial charge in [0.25, 0.3) is 0 Å². The van der Waals surface area contributed by atoms with Crippen LogP contribution in [-0.2, 0) is 16.1 Å². The number of nitrogens with zero attached hydrogens (tertiary/aromatic N) is 2. The van der Waals surface area contributed by atoms with Crippen molar-refractivity contribution >= 4 is 28.9 Å². The van der Waals surface area contributed by atoms with Crippen LogP contribution in [0.25, 0.3) is 0 Å². The van der Waals surface area contributed by atoms with E-state index >= 15 is 0 Å². The third-order valence-electron chi connectivity index (χ3n) is 4.36. The molecule has 0 unspecified atom stereocenters. The van der Waals surface area contributed by atoms with Crippen molar-refractivity contribution in [2.45, 2.75) is 6.54 Å².